The molecule has 9 nitrogen and oxygen atoms in total. The van der Waals surface area contributed by atoms with Crippen molar-refractivity contribution in [2.75, 3.05) is 40.9 Å². The third kappa shape index (κ3) is 4.82. The van der Waals surface area contributed by atoms with Gasteiger partial charge >= 0.3 is 0 Å². The minimum atomic E-state index is 0.396. The van der Waals surface area contributed by atoms with Crippen LogP contribution in [0.1, 0.15) is 23.7 Å². The first kappa shape index (κ1) is 20.8. The van der Waals surface area contributed by atoms with Crippen LogP contribution in [-0.4, -0.2) is 66.9 Å². The molecule has 1 aromatic carbocycles. The minimum absolute atomic E-state index is 0.396. The molecule has 3 aromatic rings. The zero-order valence-corrected chi connectivity index (χ0v) is 18.1. The molecule has 4 rings (SSSR count). The van der Waals surface area contributed by atoms with Gasteiger partial charge in [-0.05, 0) is 36.2 Å². The maximum atomic E-state index is 5.42. The number of likely N-dealkylation sites (tertiary alicyclic amines) is 1. The van der Waals surface area contributed by atoms with Crippen LogP contribution in [0.2, 0.25) is 0 Å². The van der Waals surface area contributed by atoms with E-state index >= 15 is 0 Å². The number of hydrogen-bond donors (Lipinski definition) is 2. The third-order valence-electron chi connectivity index (χ3n) is 5.46. The van der Waals surface area contributed by atoms with Crippen LogP contribution in [0.25, 0.3) is 11.6 Å². The largest absolute Gasteiger partial charge is 0.497 e. The Kier molecular flexibility index (Phi) is 6.40. The summed E-state index contributed by atoms with van der Waals surface area (Å²) < 4.78 is 16.2. The highest BCUT2D eigenvalue weighted by Gasteiger charge is 2.27. The second-order valence-electron chi connectivity index (χ2n) is 7.38. The molecule has 1 saturated heterocycles. The smallest absolute Gasteiger partial charge is 0.216 e. The van der Waals surface area contributed by atoms with Gasteiger partial charge in [-0.1, -0.05) is 0 Å². The van der Waals surface area contributed by atoms with Crippen LogP contribution in [0.4, 0.5) is 0 Å². The molecule has 0 bridgehead atoms. The van der Waals surface area contributed by atoms with Crippen molar-refractivity contribution in [2.24, 2.45) is 4.99 Å². The van der Waals surface area contributed by atoms with Crippen molar-refractivity contribution in [3.05, 3.63) is 48.0 Å². The lowest BCUT2D eigenvalue weighted by Crippen LogP contribution is -2.40. The van der Waals surface area contributed by atoms with E-state index in [1.165, 1.54) is 5.56 Å². The van der Waals surface area contributed by atoms with E-state index < -0.39 is 0 Å². The Morgan fingerprint density at radius 2 is 2.10 bits per heavy atom. The van der Waals surface area contributed by atoms with Gasteiger partial charge in [-0.25, -0.2) is 4.98 Å². The summed E-state index contributed by atoms with van der Waals surface area (Å²) in [4.78, 5) is 11.2. The molecular weight excluding hydrogens is 396 g/mol. The molecule has 31 heavy (non-hydrogen) atoms. The Morgan fingerprint density at radius 3 is 2.77 bits per heavy atom. The Bertz CT molecular complexity index is 992. The van der Waals surface area contributed by atoms with Crippen molar-refractivity contribution >= 4 is 5.96 Å². The molecular formula is C22H28N6O3. The predicted molar refractivity (Wildman–Crippen MR) is 118 cm³/mol. The Hall–Kier alpha value is -3.49. The molecule has 2 N–H and O–H groups in total. The highest BCUT2D eigenvalue weighted by Crippen LogP contribution is 2.32. The topological polar surface area (TPSA) is 101 Å². The summed E-state index contributed by atoms with van der Waals surface area (Å²) in [5, 5.41) is 10.6. The SMILES string of the molecule is CN=C(NCCc1nc(-c2ccco2)n[nH]1)N1CCC(c2cc(OC)cc(OC)c2)C1. The molecule has 3 heterocycles. The minimum Gasteiger partial charge on any atom is -0.497 e. The van der Waals surface area contributed by atoms with E-state index in [4.69, 9.17) is 13.9 Å². The van der Waals surface area contributed by atoms with Crippen LogP contribution in [0.5, 0.6) is 11.5 Å². The molecule has 1 unspecified atom stereocenters. The zero-order valence-electron chi connectivity index (χ0n) is 18.1. The highest BCUT2D eigenvalue weighted by atomic mass is 16.5. The molecule has 164 valence electrons. The van der Waals surface area contributed by atoms with Crippen LogP contribution in [-0.2, 0) is 6.42 Å². The Labute approximate surface area is 181 Å². The van der Waals surface area contributed by atoms with E-state index in [1.54, 1.807) is 20.5 Å². The summed E-state index contributed by atoms with van der Waals surface area (Å²) in [6, 6.07) is 9.74. The first-order chi connectivity index (χ1) is 15.2. The number of hydrogen-bond acceptors (Lipinski definition) is 6. The third-order valence-corrected chi connectivity index (χ3v) is 5.46. The van der Waals surface area contributed by atoms with Gasteiger partial charge < -0.3 is 24.1 Å². The summed E-state index contributed by atoms with van der Waals surface area (Å²) >= 11 is 0. The number of guanidine groups is 1. The molecule has 1 fully saturated rings. The molecule has 0 radical (unpaired) electrons. The Balaban J connectivity index is 1.32. The van der Waals surface area contributed by atoms with E-state index in [-0.39, 0.29) is 0 Å². The fraction of sp³-hybridized carbons (Fsp3) is 0.409. The van der Waals surface area contributed by atoms with E-state index in [2.05, 4.69) is 42.5 Å². The molecule has 0 amide bonds. The van der Waals surface area contributed by atoms with Crippen LogP contribution in [0.15, 0.2) is 46.0 Å². The van der Waals surface area contributed by atoms with E-state index in [1.807, 2.05) is 25.2 Å². The molecule has 0 spiro atoms. The second kappa shape index (κ2) is 9.55. The van der Waals surface area contributed by atoms with Crippen molar-refractivity contribution in [1.29, 1.82) is 0 Å². The average molecular weight is 425 g/mol. The van der Waals surface area contributed by atoms with Crippen LogP contribution < -0.4 is 14.8 Å². The average Bonchev–Trinajstić information content (AvgIpc) is 3.57. The normalized spacial score (nSPS) is 16.5. The second-order valence-corrected chi connectivity index (χ2v) is 7.38. The summed E-state index contributed by atoms with van der Waals surface area (Å²) in [7, 11) is 5.17. The fourth-order valence-electron chi connectivity index (χ4n) is 3.84. The molecule has 0 saturated carbocycles. The molecule has 0 aliphatic carbocycles. The van der Waals surface area contributed by atoms with Crippen molar-refractivity contribution in [3.8, 4) is 23.1 Å². The standard InChI is InChI=1S/C22H28N6O3/c1-23-22(24-8-6-20-25-21(27-26-20)19-5-4-10-31-19)28-9-7-15(14-28)16-11-17(29-2)13-18(12-16)30-3/h4-5,10-13,15H,6-9,14H2,1-3H3,(H,23,24)(H,25,26,27). The molecule has 9 heteroatoms. The van der Waals surface area contributed by atoms with Crippen molar-refractivity contribution < 1.29 is 13.9 Å². The van der Waals surface area contributed by atoms with Gasteiger partial charge in [0.15, 0.2) is 11.7 Å². The van der Waals surface area contributed by atoms with Crippen LogP contribution >= 0.6 is 0 Å². The lowest BCUT2D eigenvalue weighted by atomic mass is 9.98. The van der Waals surface area contributed by atoms with Gasteiger partial charge in [0.1, 0.15) is 17.3 Å². The first-order valence-electron chi connectivity index (χ1n) is 10.3. The van der Waals surface area contributed by atoms with Gasteiger partial charge in [-0.3, -0.25) is 10.1 Å². The van der Waals surface area contributed by atoms with Crippen molar-refractivity contribution in [3.63, 3.8) is 0 Å². The molecule has 1 aliphatic rings. The molecule has 2 aromatic heterocycles. The number of aliphatic imine (C=N–C) groups is 1. The van der Waals surface area contributed by atoms with E-state index in [0.29, 0.717) is 30.5 Å². The number of methoxy groups -OCH3 is 2. The number of aromatic nitrogens is 3. The summed E-state index contributed by atoms with van der Waals surface area (Å²) in [5.41, 5.74) is 1.22. The Morgan fingerprint density at radius 1 is 1.29 bits per heavy atom. The van der Waals surface area contributed by atoms with Gasteiger partial charge in [-0.15, -0.1) is 0 Å². The lowest BCUT2D eigenvalue weighted by molar-refractivity contribution is 0.392. The van der Waals surface area contributed by atoms with Crippen molar-refractivity contribution in [2.45, 2.75) is 18.8 Å². The number of nitrogens with zero attached hydrogens (tertiary/aromatic N) is 4. The van der Waals surface area contributed by atoms with Gasteiger partial charge in [0, 0.05) is 45.1 Å². The molecule has 1 aliphatic heterocycles. The summed E-state index contributed by atoms with van der Waals surface area (Å²) in [5.74, 6) is 4.95. The highest BCUT2D eigenvalue weighted by molar-refractivity contribution is 5.80. The number of H-pyrrole nitrogens is 1. The maximum absolute atomic E-state index is 5.42. The van der Waals surface area contributed by atoms with Crippen molar-refractivity contribution in [1.82, 2.24) is 25.4 Å². The lowest BCUT2D eigenvalue weighted by Gasteiger charge is -2.22. The maximum Gasteiger partial charge on any atom is 0.216 e. The van der Waals surface area contributed by atoms with Crippen LogP contribution in [0, 0.1) is 0 Å². The van der Waals surface area contributed by atoms with Gasteiger partial charge in [-0.2, -0.15) is 5.10 Å². The van der Waals surface area contributed by atoms with Gasteiger partial charge in [0.2, 0.25) is 5.82 Å². The number of aromatic amines is 1. The van der Waals surface area contributed by atoms with Gasteiger partial charge in [0.25, 0.3) is 0 Å². The number of ether oxygens (including phenoxy) is 2. The molecule has 1 atom stereocenters. The monoisotopic (exact) mass is 424 g/mol. The quantitative estimate of drug-likeness (QED) is 0.444. The number of nitrogens with one attached hydrogen (secondary N) is 2. The summed E-state index contributed by atoms with van der Waals surface area (Å²) in [6.45, 7) is 2.53. The number of furan rings is 1. The number of benzene rings is 1. The van der Waals surface area contributed by atoms with Gasteiger partial charge in [0.05, 0.1) is 20.5 Å². The van der Waals surface area contributed by atoms with Crippen LogP contribution in [0.3, 0.4) is 0 Å². The van der Waals surface area contributed by atoms with E-state index in [0.717, 1.165) is 42.8 Å². The van der Waals surface area contributed by atoms with E-state index in [9.17, 15) is 0 Å². The first-order valence-corrected chi connectivity index (χ1v) is 10.3. The predicted octanol–water partition coefficient (Wildman–Crippen LogP) is 2.69. The fourth-order valence-corrected chi connectivity index (χ4v) is 3.84. The summed E-state index contributed by atoms with van der Waals surface area (Å²) in [6.07, 6.45) is 3.37. The zero-order chi connectivity index (χ0) is 21.6. The number of rotatable bonds is 7.